The van der Waals surface area contributed by atoms with Crippen molar-refractivity contribution in [3.05, 3.63) is 0 Å². The van der Waals surface area contributed by atoms with Crippen LogP contribution in [-0.2, 0) is 9.88 Å². The van der Waals surface area contributed by atoms with Crippen LogP contribution >= 0.6 is 0 Å². The summed E-state index contributed by atoms with van der Waals surface area (Å²) in [6.07, 6.45) is 14.5. The third-order valence-electron chi connectivity index (χ3n) is 3.20. The van der Waals surface area contributed by atoms with E-state index in [9.17, 15) is 0 Å². The van der Waals surface area contributed by atoms with Crippen LogP contribution in [0.15, 0.2) is 0 Å². The maximum Gasteiger partial charge on any atom is 0.0842 e. The third-order valence-corrected chi connectivity index (χ3v) is 3.20. The lowest BCUT2D eigenvalue weighted by Gasteiger charge is -2.06. The predicted molar refractivity (Wildman–Crippen MR) is 69.0 cm³/mol. The summed E-state index contributed by atoms with van der Waals surface area (Å²) in [6, 6.07) is 0. The normalized spacial score (nSPS) is 24.0. The van der Waals surface area contributed by atoms with Crippen LogP contribution in [0.3, 0.4) is 0 Å². The van der Waals surface area contributed by atoms with E-state index < -0.39 is 0 Å². The molecule has 0 aromatic carbocycles. The Bertz CT molecular complexity index is 86.9. The molecule has 0 aromatic rings. The molecule has 4 nitrogen and oxygen atoms in total. The first-order valence-corrected chi connectivity index (χ1v) is 7.26. The minimum absolute atomic E-state index is 0.675. The van der Waals surface area contributed by atoms with Gasteiger partial charge in [-0.15, -0.1) is 10.6 Å². The molecule has 1 rings (SSSR count). The van der Waals surface area contributed by atoms with E-state index in [1.165, 1.54) is 64.2 Å². The smallest absolute Gasteiger partial charge is 0.0842 e. The van der Waals surface area contributed by atoms with Gasteiger partial charge in [0.1, 0.15) is 0 Å². The molecule has 4 heteroatoms. The molecule has 0 aromatic heterocycles. The van der Waals surface area contributed by atoms with Crippen LogP contribution in [0.2, 0.25) is 0 Å². The van der Waals surface area contributed by atoms with Gasteiger partial charge in [0.15, 0.2) is 0 Å². The molecule has 17 heavy (non-hydrogen) atoms. The molecule has 2 N–H and O–H groups in total. The molecule has 1 aliphatic rings. The highest BCUT2D eigenvalue weighted by Gasteiger charge is 1.95. The first-order valence-electron chi connectivity index (χ1n) is 7.26. The van der Waals surface area contributed by atoms with Gasteiger partial charge in [-0.25, -0.2) is 10.3 Å². The summed E-state index contributed by atoms with van der Waals surface area (Å²) in [5.74, 6) is 0. The summed E-state index contributed by atoms with van der Waals surface area (Å²) >= 11 is 0. The van der Waals surface area contributed by atoms with Crippen molar-refractivity contribution in [1.29, 1.82) is 0 Å². The van der Waals surface area contributed by atoms with E-state index in [1.54, 1.807) is 0 Å². The van der Waals surface area contributed by atoms with E-state index in [-0.39, 0.29) is 0 Å². The molecule has 0 saturated carbocycles. The second-order valence-electron chi connectivity index (χ2n) is 4.82. The molecule has 0 radical (unpaired) electrons. The summed E-state index contributed by atoms with van der Waals surface area (Å²) in [4.78, 5) is 9.78. The average Bonchev–Trinajstić information content (AvgIpc) is 2.35. The number of hydrogen-bond donors (Lipinski definition) is 2. The molecule has 1 fully saturated rings. The van der Waals surface area contributed by atoms with Crippen LogP contribution in [0.5, 0.6) is 0 Å². The van der Waals surface area contributed by atoms with Gasteiger partial charge < -0.3 is 0 Å². The van der Waals surface area contributed by atoms with Gasteiger partial charge in [0, 0.05) is 6.54 Å². The highest BCUT2D eigenvalue weighted by Crippen LogP contribution is 2.11. The van der Waals surface area contributed by atoms with Gasteiger partial charge in [-0.3, -0.25) is 0 Å². The van der Waals surface area contributed by atoms with E-state index in [0.717, 1.165) is 13.0 Å². The van der Waals surface area contributed by atoms with E-state index in [1.807, 2.05) is 0 Å². The topological polar surface area (TPSA) is 42.5 Å². The number of nitrogens with one attached hydrogen (secondary N) is 2. The van der Waals surface area contributed by atoms with Crippen LogP contribution < -0.4 is 11.0 Å². The first kappa shape index (κ1) is 14.9. The zero-order valence-corrected chi connectivity index (χ0v) is 11.0. The van der Waals surface area contributed by atoms with Gasteiger partial charge in [-0.1, -0.05) is 57.8 Å². The summed E-state index contributed by atoms with van der Waals surface area (Å²) in [7, 11) is 0. The van der Waals surface area contributed by atoms with Crippen LogP contribution in [0.4, 0.5) is 0 Å². The van der Waals surface area contributed by atoms with Crippen molar-refractivity contribution in [3.8, 4) is 0 Å². The Balaban J connectivity index is 2.01. The SMILES string of the molecule is C1CCCCCCNNOOCCCCCC1. The Morgan fingerprint density at radius 2 is 1.12 bits per heavy atom. The lowest BCUT2D eigenvalue weighted by atomic mass is 10.1. The quantitative estimate of drug-likeness (QED) is 0.642. The Labute approximate surface area is 105 Å². The highest BCUT2D eigenvalue weighted by atomic mass is 17.3. The zero-order chi connectivity index (χ0) is 12.0. The third kappa shape index (κ3) is 10.7. The van der Waals surface area contributed by atoms with Gasteiger partial charge in [0.05, 0.1) is 6.61 Å². The molecule has 0 aliphatic carbocycles. The van der Waals surface area contributed by atoms with Crippen molar-refractivity contribution in [1.82, 2.24) is 11.0 Å². The molecule has 1 heterocycles. The Morgan fingerprint density at radius 1 is 0.588 bits per heavy atom. The standard InChI is InChI=1S/C13H28N2O2/c1-2-4-6-8-10-12-14-15-17-16-13-11-9-7-5-3-1/h14-15H,1-13H2. The van der Waals surface area contributed by atoms with Crippen molar-refractivity contribution in [2.24, 2.45) is 0 Å². The summed E-state index contributed by atoms with van der Waals surface area (Å²) in [5.41, 5.74) is 5.59. The van der Waals surface area contributed by atoms with Crippen LogP contribution in [-0.4, -0.2) is 13.2 Å². The van der Waals surface area contributed by atoms with Crippen molar-refractivity contribution < 1.29 is 9.88 Å². The fraction of sp³-hybridized carbons (Fsp3) is 1.00. The van der Waals surface area contributed by atoms with Gasteiger partial charge >= 0.3 is 0 Å². The monoisotopic (exact) mass is 244 g/mol. The molecular formula is C13H28N2O2. The van der Waals surface area contributed by atoms with Gasteiger partial charge in [0.25, 0.3) is 0 Å². The lowest BCUT2D eigenvalue weighted by Crippen LogP contribution is -2.32. The summed E-state index contributed by atoms with van der Waals surface area (Å²) < 4.78 is 0. The predicted octanol–water partition coefficient (Wildman–Crippen LogP) is 3.25. The molecule has 1 saturated heterocycles. The van der Waals surface area contributed by atoms with E-state index in [0.29, 0.717) is 6.61 Å². The minimum Gasteiger partial charge on any atom is -0.232 e. The Kier molecular flexibility index (Phi) is 10.8. The summed E-state index contributed by atoms with van der Waals surface area (Å²) in [6.45, 7) is 1.61. The number of hydrogen-bond acceptors (Lipinski definition) is 4. The van der Waals surface area contributed by atoms with Crippen LogP contribution in [0.25, 0.3) is 0 Å². The molecule has 0 bridgehead atoms. The second kappa shape index (κ2) is 12.3. The molecule has 0 spiro atoms. The molecule has 0 amide bonds. The zero-order valence-electron chi connectivity index (χ0n) is 11.0. The van der Waals surface area contributed by atoms with Crippen molar-refractivity contribution >= 4 is 0 Å². The minimum atomic E-state index is 0.675. The van der Waals surface area contributed by atoms with Crippen LogP contribution in [0, 0.1) is 0 Å². The number of rotatable bonds is 0. The average molecular weight is 244 g/mol. The van der Waals surface area contributed by atoms with Gasteiger partial charge in [0.2, 0.25) is 0 Å². The summed E-state index contributed by atoms with van der Waals surface area (Å²) in [5, 5.41) is 0. The molecule has 1 aliphatic heterocycles. The molecule has 0 unspecified atom stereocenters. The van der Waals surface area contributed by atoms with Gasteiger partial charge in [-0.05, 0) is 12.8 Å². The number of hydrazine groups is 1. The van der Waals surface area contributed by atoms with E-state index in [2.05, 4.69) is 11.0 Å². The highest BCUT2D eigenvalue weighted by molar-refractivity contribution is 4.49. The fourth-order valence-electron chi connectivity index (χ4n) is 2.12. The van der Waals surface area contributed by atoms with E-state index in [4.69, 9.17) is 9.88 Å². The Hall–Kier alpha value is -0.160. The lowest BCUT2D eigenvalue weighted by molar-refractivity contribution is -0.345. The van der Waals surface area contributed by atoms with E-state index >= 15 is 0 Å². The van der Waals surface area contributed by atoms with Gasteiger partial charge in [-0.2, -0.15) is 0 Å². The van der Waals surface area contributed by atoms with Crippen LogP contribution in [0.1, 0.15) is 70.6 Å². The second-order valence-corrected chi connectivity index (χ2v) is 4.82. The first-order chi connectivity index (χ1) is 8.50. The molecular weight excluding hydrogens is 216 g/mol. The Morgan fingerprint density at radius 3 is 1.76 bits per heavy atom. The fourth-order valence-corrected chi connectivity index (χ4v) is 2.12. The molecule has 0 atom stereocenters. The molecule has 102 valence electrons. The van der Waals surface area contributed by atoms with Crippen molar-refractivity contribution in [2.45, 2.75) is 70.6 Å². The maximum atomic E-state index is 4.99. The largest absolute Gasteiger partial charge is 0.232 e. The maximum absolute atomic E-state index is 4.99. The van der Waals surface area contributed by atoms with Crippen molar-refractivity contribution in [3.63, 3.8) is 0 Å². The van der Waals surface area contributed by atoms with Crippen molar-refractivity contribution in [2.75, 3.05) is 13.2 Å².